The number of hydrogen-bond donors (Lipinski definition) is 0. The molecule has 0 saturated heterocycles. The molecule has 0 aliphatic heterocycles. The van der Waals surface area contributed by atoms with Crippen molar-refractivity contribution in [3.05, 3.63) is 49.1 Å². The fourth-order valence-electron chi connectivity index (χ4n) is 1.09. The van der Waals surface area contributed by atoms with Gasteiger partial charge in [-0.2, -0.15) is 0 Å². The van der Waals surface area contributed by atoms with Crippen LogP contribution in [-0.2, 0) is 0 Å². The Kier molecular flexibility index (Phi) is 13.4. The molecule has 0 rings (SSSR count). The third kappa shape index (κ3) is 13.1. The van der Waals surface area contributed by atoms with Crippen molar-refractivity contribution in [2.45, 2.75) is 32.6 Å². The minimum absolute atomic E-state index is 1.05. The van der Waals surface area contributed by atoms with Gasteiger partial charge >= 0.3 is 0 Å². The van der Waals surface area contributed by atoms with Crippen LogP contribution >= 0.6 is 8.20 Å². The summed E-state index contributed by atoms with van der Waals surface area (Å²) in [6.07, 6.45) is 20.6. The molecule has 0 atom stereocenters. The van der Waals surface area contributed by atoms with Gasteiger partial charge in [-0.25, -0.2) is 0 Å². The van der Waals surface area contributed by atoms with Crippen LogP contribution in [0, 0.1) is 0 Å². The van der Waals surface area contributed by atoms with Crippen LogP contribution in [-0.4, -0.2) is 12.0 Å². The van der Waals surface area contributed by atoms with Gasteiger partial charge in [-0.1, -0.05) is 55.3 Å². The second kappa shape index (κ2) is 14.1. The van der Waals surface area contributed by atoms with E-state index in [4.69, 9.17) is 0 Å². The third-order valence-corrected chi connectivity index (χ3v) is 2.82. The zero-order valence-corrected chi connectivity index (χ0v) is 11.2. The minimum Gasteiger partial charge on any atom is -0.104 e. The Balaban J connectivity index is 3.39. The summed E-state index contributed by atoms with van der Waals surface area (Å²) in [5, 5.41) is 0. The minimum atomic E-state index is 1.05. The smallest absolute Gasteiger partial charge is 0.00684 e. The maximum absolute atomic E-state index is 3.69. The second-order valence-corrected chi connectivity index (χ2v) is 4.46. The lowest BCUT2D eigenvalue weighted by Crippen LogP contribution is -1.67. The topological polar surface area (TPSA) is 0 Å². The predicted molar refractivity (Wildman–Crippen MR) is 79.6 cm³/mol. The Morgan fingerprint density at radius 2 is 1.44 bits per heavy atom. The average Bonchev–Trinajstić information content (AvgIpc) is 2.31. The standard InChI is InChI=1S/C15H23P/c1-3-5-6-7-8-9-10-11-12-13-15-16-14-4-2/h4-6,8-9,11-12,15H,2-3,7,10,13-14H2,1H3/b6-5-,9-8-,12-11-. The molecule has 0 fully saturated rings. The summed E-state index contributed by atoms with van der Waals surface area (Å²) in [4.78, 5) is 0. The molecule has 0 saturated carbocycles. The molecule has 0 aliphatic carbocycles. The molecule has 0 bridgehead atoms. The van der Waals surface area contributed by atoms with Crippen LogP contribution in [0.1, 0.15) is 32.6 Å². The van der Waals surface area contributed by atoms with Gasteiger partial charge in [0.15, 0.2) is 0 Å². The van der Waals surface area contributed by atoms with Gasteiger partial charge in [0.25, 0.3) is 0 Å². The van der Waals surface area contributed by atoms with Crippen LogP contribution in [0.25, 0.3) is 0 Å². The van der Waals surface area contributed by atoms with Crippen LogP contribution in [0.2, 0.25) is 0 Å². The first-order valence-corrected chi connectivity index (χ1v) is 7.10. The summed E-state index contributed by atoms with van der Waals surface area (Å²) < 4.78 is 0. The fourth-order valence-corrected chi connectivity index (χ4v) is 1.66. The van der Waals surface area contributed by atoms with Crippen molar-refractivity contribution >= 4 is 14.0 Å². The van der Waals surface area contributed by atoms with E-state index in [1.807, 2.05) is 6.08 Å². The third-order valence-electron chi connectivity index (χ3n) is 1.89. The zero-order chi connectivity index (χ0) is 11.9. The summed E-state index contributed by atoms with van der Waals surface area (Å²) >= 11 is 0. The van der Waals surface area contributed by atoms with Crippen LogP contribution in [0.5, 0.6) is 0 Å². The predicted octanol–water partition coefficient (Wildman–Crippen LogP) is 5.17. The summed E-state index contributed by atoms with van der Waals surface area (Å²) in [5.74, 6) is 2.27. The monoisotopic (exact) mass is 234 g/mol. The van der Waals surface area contributed by atoms with E-state index >= 15 is 0 Å². The Morgan fingerprint density at radius 1 is 0.875 bits per heavy atom. The Bertz CT molecular complexity index is 257. The highest BCUT2D eigenvalue weighted by Gasteiger charge is 1.74. The Morgan fingerprint density at radius 3 is 2.00 bits per heavy atom. The molecule has 0 spiro atoms. The maximum Gasteiger partial charge on any atom is 0.00684 e. The van der Waals surface area contributed by atoms with Gasteiger partial charge in [0.1, 0.15) is 0 Å². The van der Waals surface area contributed by atoms with Crippen molar-refractivity contribution < 1.29 is 0 Å². The fraction of sp³-hybridized carbons (Fsp3) is 0.400. The van der Waals surface area contributed by atoms with Crippen molar-refractivity contribution in [2.75, 3.05) is 6.16 Å². The van der Waals surface area contributed by atoms with Gasteiger partial charge in [0.05, 0.1) is 0 Å². The largest absolute Gasteiger partial charge is 0.104 e. The highest BCUT2D eigenvalue weighted by Crippen LogP contribution is 1.96. The molecule has 0 N–H and O–H groups in total. The number of rotatable bonds is 9. The first-order chi connectivity index (χ1) is 7.91. The lowest BCUT2D eigenvalue weighted by Gasteiger charge is -1.84. The van der Waals surface area contributed by atoms with Crippen LogP contribution in [0.3, 0.4) is 0 Å². The molecular formula is C15H23P. The van der Waals surface area contributed by atoms with Gasteiger partial charge < -0.3 is 0 Å². The van der Waals surface area contributed by atoms with E-state index in [1.54, 1.807) is 0 Å². The van der Waals surface area contributed by atoms with Crippen molar-refractivity contribution in [3.63, 3.8) is 0 Å². The maximum atomic E-state index is 3.69. The summed E-state index contributed by atoms with van der Waals surface area (Å²) in [6, 6.07) is 0. The molecule has 0 aromatic rings. The van der Waals surface area contributed by atoms with Gasteiger partial charge in [0.2, 0.25) is 0 Å². The second-order valence-electron chi connectivity index (χ2n) is 3.37. The van der Waals surface area contributed by atoms with E-state index in [-0.39, 0.29) is 0 Å². The van der Waals surface area contributed by atoms with Crippen molar-refractivity contribution in [2.24, 2.45) is 0 Å². The lowest BCUT2D eigenvalue weighted by molar-refractivity contribution is 1.19. The van der Waals surface area contributed by atoms with E-state index in [0.717, 1.165) is 31.8 Å². The molecule has 0 unspecified atom stereocenters. The van der Waals surface area contributed by atoms with Gasteiger partial charge in [-0.15, -0.1) is 14.8 Å². The van der Waals surface area contributed by atoms with E-state index in [9.17, 15) is 0 Å². The zero-order valence-electron chi connectivity index (χ0n) is 10.3. The molecule has 0 aromatic heterocycles. The Hall–Kier alpha value is -0.870. The number of hydrogen-bond acceptors (Lipinski definition) is 0. The quantitative estimate of drug-likeness (QED) is 0.381. The molecule has 0 heterocycles. The van der Waals surface area contributed by atoms with E-state index < -0.39 is 0 Å². The molecule has 0 amide bonds. The van der Waals surface area contributed by atoms with E-state index in [2.05, 4.69) is 55.8 Å². The molecule has 16 heavy (non-hydrogen) atoms. The summed E-state index contributed by atoms with van der Waals surface area (Å²) in [5.41, 5.74) is 0. The molecule has 88 valence electrons. The first kappa shape index (κ1) is 15.1. The summed E-state index contributed by atoms with van der Waals surface area (Å²) in [6.45, 7) is 5.85. The normalized spacial score (nSPS) is 12.6. The van der Waals surface area contributed by atoms with Gasteiger partial charge in [0, 0.05) is 6.16 Å². The highest BCUT2D eigenvalue weighted by molar-refractivity contribution is 7.38. The lowest BCUT2D eigenvalue weighted by atomic mass is 10.2. The van der Waals surface area contributed by atoms with Gasteiger partial charge in [-0.3, -0.25) is 0 Å². The molecule has 0 nitrogen and oxygen atoms in total. The van der Waals surface area contributed by atoms with Crippen molar-refractivity contribution in [3.8, 4) is 0 Å². The molecule has 1 heteroatoms. The SMILES string of the molecule is C=CCP=CC/C=C\C/C=C\C/C=C\CC. The van der Waals surface area contributed by atoms with Crippen LogP contribution < -0.4 is 0 Å². The van der Waals surface area contributed by atoms with Crippen LogP contribution in [0.4, 0.5) is 0 Å². The van der Waals surface area contributed by atoms with Gasteiger partial charge in [-0.05, 0) is 25.7 Å². The average molecular weight is 234 g/mol. The molecule has 0 aromatic carbocycles. The molecule has 0 radical (unpaired) electrons. The van der Waals surface area contributed by atoms with E-state index in [1.165, 1.54) is 8.20 Å². The van der Waals surface area contributed by atoms with E-state index in [0.29, 0.717) is 0 Å². The molecule has 0 aliphatic rings. The summed E-state index contributed by atoms with van der Waals surface area (Å²) in [7, 11) is 1.37. The van der Waals surface area contributed by atoms with Crippen molar-refractivity contribution in [1.29, 1.82) is 0 Å². The Labute approximate surface area is 102 Å². The highest BCUT2D eigenvalue weighted by atomic mass is 31.1. The van der Waals surface area contributed by atoms with Crippen LogP contribution in [0.15, 0.2) is 49.1 Å². The first-order valence-electron chi connectivity index (χ1n) is 5.96. The van der Waals surface area contributed by atoms with Crippen molar-refractivity contribution in [1.82, 2.24) is 0 Å². The molecular weight excluding hydrogens is 211 g/mol. The number of allylic oxidation sites excluding steroid dienone is 7.